The molecule has 3 heterocycles. The number of likely N-dealkylation sites (tertiary alicyclic amines) is 1. The Labute approximate surface area is 147 Å². The van der Waals surface area contributed by atoms with Gasteiger partial charge in [-0.3, -0.25) is 9.89 Å². The van der Waals surface area contributed by atoms with Crippen molar-refractivity contribution in [3.63, 3.8) is 0 Å². The molecular weight excluding hydrogens is 338 g/mol. The molecule has 0 saturated carbocycles. The van der Waals surface area contributed by atoms with Gasteiger partial charge in [0.15, 0.2) is 9.84 Å². The summed E-state index contributed by atoms with van der Waals surface area (Å²) in [6, 6.07) is 7.81. The largest absolute Gasteiger partial charge is 0.336 e. The summed E-state index contributed by atoms with van der Waals surface area (Å²) < 4.78 is 24.1. The van der Waals surface area contributed by atoms with Crippen LogP contribution in [0.25, 0.3) is 11.3 Å². The predicted molar refractivity (Wildman–Crippen MR) is 95.1 cm³/mol. The lowest BCUT2D eigenvalue weighted by molar-refractivity contribution is 0.0781. The van der Waals surface area contributed by atoms with E-state index in [0.29, 0.717) is 25.2 Å². The number of amides is 1. The summed E-state index contributed by atoms with van der Waals surface area (Å²) in [5.74, 6) is 0.161. The molecule has 0 spiro atoms. The molecule has 0 unspecified atom stereocenters. The molecule has 2 aliphatic rings. The summed E-state index contributed by atoms with van der Waals surface area (Å²) in [7, 11) is -3.04. The normalized spacial score (nSPS) is 24.5. The zero-order chi connectivity index (χ0) is 17.8. The predicted octanol–water partition coefficient (Wildman–Crippen LogP) is 1.95. The number of hydrogen-bond donors (Lipinski definition) is 1. The van der Waals surface area contributed by atoms with E-state index in [-0.39, 0.29) is 17.6 Å². The smallest absolute Gasteiger partial charge is 0.271 e. The SMILES string of the molecule is Cc1ccc(-c2cc(C(=O)N3C[C@@H]4CCS(=O)(=O)[C@@H]4C3)[nH]n2)cc1C. The van der Waals surface area contributed by atoms with Crippen LogP contribution in [-0.2, 0) is 9.84 Å². The summed E-state index contributed by atoms with van der Waals surface area (Å²) in [5, 5.41) is 6.68. The van der Waals surface area contributed by atoms with Crippen LogP contribution in [0.1, 0.15) is 28.0 Å². The minimum atomic E-state index is -3.04. The van der Waals surface area contributed by atoms with Gasteiger partial charge in [0.1, 0.15) is 5.69 Å². The van der Waals surface area contributed by atoms with E-state index in [4.69, 9.17) is 0 Å². The van der Waals surface area contributed by atoms with Crippen molar-refractivity contribution in [2.24, 2.45) is 5.92 Å². The fraction of sp³-hybridized carbons (Fsp3) is 0.444. The molecule has 2 fully saturated rings. The van der Waals surface area contributed by atoms with Crippen LogP contribution in [0.4, 0.5) is 0 Å². The Morgan fingerprint density at radius 2 is 2.00 bits per heavy atom. The van der Waals surface area contributed by atoms with Gasteiger partial charge in [0.05, 0.1) is 16.7 Å². The van der Waals surface area contributed by atoms with E-state index < -0.39 is 15.1 Å². The number of rotatable bonds is 2. The molecule has 25 heavy (non-hydrogen) atoms. The van der Waals surface area contributed by atoms with E-state index in [0.717, 1.165) is 11.3 Å². The zero-order valence-electron chi connectivity index (χ0n) is 14.3. The standard InChI is InChI=1S/C18H21N3O3S/c1-11-3-4-13(7-12(11)2)15-8-16(20-19-15)18(22)21-9-14-5-6-25(23,24)17(14)10-21/h3-4,7-8,14,17H,5-6,9-10H2,1-2H3,(H,19,20)/t14-,17+/m0/s1. The maximum Gasteiger partial charge on any atom is 0.271 e. The van der Waals surface area contributed by atoms with Crippen LogP contribution in [0.2, 0.25) is 0 Å². The number of aryl methyl sites for hydroxylation is 2. The quantitative estimate of drug-likeness (QED) is 0.888. The summed E-state index contributed by atoms with van der Waals surface area (Å²) in [6.45, 7) is 4.91. The maximum absolute atomic E-state index is 12.7. The van der Waals surface area contributed by atoms with Crippen LogP contribution in [0.15, 0.2) is 24.3 Å². The highest BCUT2D eigenvalue weighted by molar-refractivity contribution is 7.92. The van der Waals surface area contributed by atoms with Crippen molar-refractivity contribution in [1.29, 1.82) is 0 Å². The van der Waals surface area contributed by atoms with Crippen molar-refractivity contribution < 1.29 is 13.2 Å². The lowest BCUT2D eigenvalue weighted by Crippen LogP contribution is -2.32. The van der Waals surface area contributed by atoms with Gasteiger partial charge < -0.3 is 4.90 Å². The molecule has 2 aliphatic heterocycles. The van der Waals surface area contributed by atoms with Crippen LogP contribution in [0.3, 0.4) is 0 Å². The Hall–Kier alpha value is -2.15. The van der Waals surface area contributed by atoms with Crippen LogP contribution >= 0.6 is 0 Å². The van der Waals surface area contributed by atoms with Crippen molar-refractivity contribution in [2.45, 2.75) is 25.5 Å². The van der Waals surface area contributed by atoms with Gasteiger partial charge in [-0.05, 0) is 49.4 Å². The fourth-order valence-electron chi connectivity index (χ4n) is 3.81. The Morgan fingerprint density at radius 3 is 2.72 bits per heavy atom. The minimum Gasteiger partial charge on any atom is -0.336 e. The molecule has 2 atom stereocenters. The molecule has 2 saturated heterocycles. The molecule has 1 N–H and O–H groups in total. The van der Waals surface area contributed by atoms with Gasteiger partial charge >= 0.3 is 0 Å². The van der Waals surface area contributed by atoms with Crippen LogP contribution < -0.4 is 0 Å². The highest BCUT2D eigenvalue weighted by Gasteiger charge is 2.47. The lowest BCUT2D eigenvalue weighted by atomic mass is 10.0. The number of aromatic amines is 1. The van der Waals surface area contributed by atoms with Crippen molar-refractivity contribution in [1.82, 2.24) is 15.1 Å². The lowest BCUT2D eigenvalue weighted by Gasteiger charge is -2.15. The van der Waals surface area contributed by atoms with Gasteiger partial charge in [-0.25, -0.2) is 8.42 Å². The first-order valence-electron chi connectivity index (χ1n) is 8.49. The van der Waals surface area contributed by atoms with Crippen molar-refractivity contribution in [3.05, 3.63) is 41.1 Å². The maximum atomic E-state index is 12.7. The number of nitrogens with one attached hydrogen (secondary N) is 1. The molecule has 1 amide bonds. The van der Waals surface area contributed by atoms with E-state index in [1.807, 2.05) is 25.1 Å². The fourth-order valence-corrected chi connectivity index (χ4v) is 5.96. The molecule has 4 rings (SSSR count). The minimum absolute atomic E-state index is 0.0797. The molecule has 0 bridgehead atoms. The first-order chi connectivity index (χ1) is 11.8. The Bertz CT molecular complexity index is 948. The molecule has 0 radical (unpaired) electrons. The number of fused-ring (bicyclic) bond motifs is 1. The second-order valence-electron chi connectivity index (χ2n) is 7.13. The molecule has 6 nitrogen and oxygen atoms in total. The highest BCUT2D eigenvalue weighted by Crippen LogP contribution is 2.34. The molecule has 0 aliphatic carbocycles. The zero-order valence-corrected chi connectivity index (χ0v) is 15.1. The molecule has 132 valence electrons. The van der Waals surface area contributed by atoms with Gasteiger partial charge in [0.25, 0.3) is 5.91 Å². The van der Waals surface area contributed by atoms with Gasteiger partial charge in [-0.15, -0.1) is 0 Å². The molecule has 1 aromatic carbocycles. The van der Waals surface area contributed by atoms with Gasteiger partial charge in [-0.1, -0.05) is 12.1 Å². The average Bonchev–Trinajstić information content (AvgIpc) is 3.27. The third-order valence-corrected chi connectivity index (χ3v) is 7.77. The first kappa shape index (κ1) is 16.3. The van der Waals surface area contributed by atoms with Crippen molar-refractivity contribution in [2.75, 3.05) is 18.8 Å². The Balaban J connectivity index is 1.54. The number of H-pyrrole nitrogens is 1. The number of benzene rings is 1. The second-order valence-corrected chi connectivity index (χ2v) is 9.47. The van der Waals surface area contributed by atoms with Gasteiger partial charge in [0, 0.05) is 18.7 Å². The molecule has 7 heteroatoms. The van der Waals surface area contributed by atoms with E-state index in [1.165, 1.54) is 11.1 Å². The third kappa shape index (κ3) is 2.76. The summed E-state index contributed by atoms with van der Waals surface area (Å²) in [5.41, 5.74) is 4.47. The number of hydrogen-bond acceptors (Lipinski definition) is 4. The van der Waals surface area contributed by atoms with E-state index in [1.54, 1.807) is 11.0 Å². The molecule has 1 aromatic heterocycles. The number of carbonyl (C=O) groups is 1. The topological polar surface area (TPSA) is 83.1 Å². The second kappa shape index (κ2) is 5.69. The van der Waals surface area contributed by atoms with Gasteiger partial charge in [0.2, 0.25) is 0 Å². The van der Waals surface area contributed by atoms with E-state index >= 15 is 0 Å². The Kier molecular flexibility index (Phi) is 3.72. The van der Waals surface area contributed by atoms with Crippen LogP contribution in [0, 0.1) is 19.8 Å². The third-order valence-electron chi connectivity index (χ3n) is 5.51. The summed E-state index contributed by atoms with van der Waals surface area (Å²) >= 11 is 0. The monoisotopic (exact) mass is 359 g/mol. The molecular formula is C18H21N3O3S. The van der Waals surface area contributed by atoms with Crippen molar-refractivity contribution in [3.8, 4) is 11.3 Å². The summed E-state index contributed by atoms with van der Waals surface area (Å²) in [4.78, 5) is 14.4. The number of sulfone groups is 1. The van der Waals surface area contributed by atoms with E-state index in [9.17, 15) is 13.2 Å². The molecule has 2 aromatic rings. The highest BCUT2D eigenvalue weighted by atomic mass is 32.2. The number of aromatic nitrogens is 2. The number of carbonyl (C=O) groups excluding carboxylic acids is 1. The Morgan fingerprint density at radius 1 is 1.20 bits per heavy atom. The first-order valence-corrected chi connectivity index (χ1v) is 10.2. The van der Waals surface area contributed by atoms with Crippen LogP contribution in [-0.4, -0.2) is 53.5 Å². The summed E-state index contributed by atoms with van der Waals surface area (Å²) in [6.07, 6.45) is 0.660. The number of nitrogens with zero attached hydrogens (tertiary/aromatic N) is 2. The van der Waals surface area contributed by atoms with Crippen molar-refractivity contribution >= 4 is 15.7 Å². The van der Waals surface area contributed by atoms with E-state index in [2.05, 4.69) is 17.1 Å². The van der Waals surface area contributed by atoms with Gasteiger partial charge in [-0.2, -0.15) is 5.10 Å². The van der Waals surface area contributed by atoms with Crippen LogP contribution in [0.5, 0.6) is 0 Å². The average molecular weight is 359 g/mol.